The average Bonchev–Trinajstić information content (AvgIpc) is 1.97. The Bertz CT molecular complexity index is 279. The van der Waals surface area contributed by atoms with Crippen LogP contribution in [-0.2, 0) is 0 Å². The normalized spacial score (nSPS) is 9.82. The van der Waals surface area contributed by atoms with Crippen LogP contribution in [0.15, 0.2) is 0 Å². The van der Waals surface area contributed by atoms with E-state index in [1.807, 2.05) is 5.43 Å². The Balaban J connectivity index is 3.21. The standard InChI is InChI=1S/C4H3ClF2N4/c5-1-2(6)10-4(11-8)3(7)9-1/h8H2,(H,10,11). The van der Waals surface area contributed by atoms with Crippen LogP contribution in [0.2, 0.25) is 5.15 Å². The molecule has 0 saturated carbocycles. The van der Waals surface area contributed by atoms with Crippen molar-refractivity contribution in [3.63, 3.8) is 0 Å². The van der Waals surface area contributed by atoms with Gasteiger partial charge in [-0.3, -0.25) is 0 Å². The topological polar surface area (TPSA) is 63.8 Å². The number of anilines is 1. The zero-order valence-electron chi connectivity index (χ0n) is 5.11. The maximum atomic E-state index is 12.5. The van der Waals surface area contributed by atoms with Crippen molar-refractivity contribution < 1.29 is 8.78 Å². The van der Waals surface area contributed by atoms with E-state index in [0.717, 1.165) is 0 Å². The van der Waals surface area contributed by atoms with Gasteiger partial charge in [-0.2, -0.15) is 18.7 Å². The zero-order valence-corrected chi connectivity index (χ0v) is 5.86. The number of hydrazine groups is 1. The first-order valence-electron chi connectivity index (χ1n) is 2.50. The van der Waals surface area contributed by atoms with Crippen LogP contribution in [0.3, 0.4) is 0 Å². The summed E-state index contributed by atoms with van der Waals surface area (Å²) in [7, 11) is 0. The summed E-state index contributed by atoms with van der Waals surface area (Å²) in [6, 6.07) is 0. The van der Waals surface area contributed by atoms with E-state index >= 15 is 0 Å². The molecule has 1 aromatic heterocycles. The summed E-state index contributed by atoms with van der Waals surface area (Å²) in [5, 5.41) is -0.624. The second-order valence-corrected chi connectivity index (χ2v) is 1.95. The summed E-state index contributed by atoms with van der Waals surface area (Å²) in [5.41, 5.74) is 1.82. The van der Waals surface area contributed by atoms with Gasteiger partial charge in [0.05, 0.1) is 0 Å². The van der Waals surface area contributed by atoms with Crippen molar-refractivity contribution in [3.05, 3.63) is 17.0 Å². The molecule has 7 heteroatoms. The van der Waals surface area contributed by atoms with Crippen molar-refractivity contribution in [3.8, 4) is 0 Å². The number of aromatic nitrogens is 2. The van der Waals surface area contributed by atoms with Gasteiger partial charge in [0.15, 0.2) is 11.0 Å². The Labute approximate surface area is 65.4 Å². The van der Waals surface area contributed by atoms with Gasteiger partial charge in [0, 0.05) is 0 Å². The summed E-state index contributed by atoms with van der Waals surface area (Å²) >= 11 is 5.09. The molecule has 0 spiro atoms. The molecule has 4 nitrogen and oxygen atoms in total. The molecule has 0 aromatic carbocycles. The Hall–Kier alpha value is -1.01. The summed E-state index contributed by atoms with van der Waals surface area (Å²) in [6.45, 7) is 0. The van der Waals surface area contributed by atoms with Gasteiger partial charge in [-0.25, -0.2) is 5.84 Å². The minimum Gasteiger partial charge on any atom is -0.305 e. The lowest BCUT2D eigenvalue weighted by molar-refractivity contribution is 0.533. The van der Waals surface area contributed by atoms with E-state index in [9.17, 15) is 8.78 Å². The average molecular weight is 181 g/mol. The Morgan fingerprint density at radius 3 is 2.45 bits per heavy atom. The van der Waals surface area contributed by atoms with Crippen LogP contribution in [0, 0.1) is 11.9 Å². The lowest BCUT2D eigenvalue weighted by Crippen LogP contribution is -2.12. The molecular weight excluding hydrogens is 178 g/mol. The van der Waals surface area contributed by atoms with Crippen LogP contribution in [0.25, 0.3) is 0 Å². The van der Waals surface area contributed by atoms with E-state index in [-0.39, 0.29) is 0 Å². The molecule has 11 heavy (non-hydrogen) atoms. The Morgan fingerprint density at radius 2 is 1.91 bits per heavy atom. The molecule has 1 heterocycles. The molecule has 0 radical (unpaired) electrons. The molecule has 0 aliphatic heterocycles. The number of nitrogens with zero attached hydrogens (tertiary/aromatic N) is 2. The summed E-state index contributed by atoms with van der Waals surface area (Å²) in [6.07, 6.45) is 0. The van der Waals surface area contributed by atoms with Gasteiger partial charge in [-0.05, 0) is 0 Å². The molecule has 0 fully saturated rings. The zero-order chi connectivity index (χ0) is 8.43. The number of nitrogens with two attached hydrogens (primary N) is 1. The van der Waals surface area contributed by atoms with Gasteiger partial charge in [0.1, 0.15) is 0 Å². The predicted molar refractivity (Wildman–Crippen MR) is 34.8 cm³/mol. The predicted octanol–water partition coefficient (Wildman–Crippen LogP) is 0.694. The molecule has 1 rings (SSSR count). The quantitative estimate of drug-likeness (QED) is 0.493. The molecular formula is C4H3ClF2N4. The third-order valence-electron chi connectivity index (χ3n) is 0.909. The van der Waals surface area contributed by atoms with Crippen LogP contribution < -0.4 is 11.3 Å². The first kappa shape index (κ1) is 8.09. The monoisotopic (exact) mass is 180 g/mol. The molecule has 0 atom stereocenters. The van der Waals surface area contributed by atoms with E-state index in [1.54, 1.807) is 0 Å². The first-order chi connectivity index (χ1) is 5.15. The van der Waals surface area contributed by atoms with Crippen LogP contribution in [-0.4, -0.2) is 9.97 Å². The van der Waals surface area contributed by atoms with Gasteiger partial charge < -0.3 is 5.43 Å². The first-order valence-corrected chi connectivity index (χ1v) is 2.88. The highest BCUT2D eigenvalue weighted by Crippen LogP contribution is 2.13. The van der Waals surface area contributed by atoms with Crippen molar-refractivity contribution in [2.45, 2.75) is 0 Å². The highest BCUT2D eigenvalue weighted by Gasteiger charge is 2.09. The third kappa shape index (κ3) is 1.52. The molecule has 0 saturated heterocycles. The SMILES string of the molecule is NNc1nc(F)c(Cl)nc1F. The highest BCUT2D eigenvalue weighted by atomic mass is 35.5. The van der Waals surface area contributed by atoms with Crippen LogP contribution in [0.1, 0.15) is 0 Å². The molecule has 0 aliphatic rings. The molecule has 60 valence electrons. The molecule has 3 N–H and O–H groups in total. The van der Waals surface area contributed by atoms with Gasteiger partial charge in [-0.15, -0.1) is 0 Å². The molecule has 0 aliphatic carbocycles. The van der Waals surface area contributed by atoms with E-state index in [0.29, 0.717) is 0 Å². The second kappa shape index (κ2) is 2.93. The van der Waals surface area contributed by atoms with Crippen molar-refractivity contribution in [1.29, 1.82) is 0 Å². The summed E-state index contributed by atoms with van der Waals surface area (Å²) < 4.78 is 24.8. The van der Waals surface area contributed by atoms with Crippen LogP contribution in [0.5, 0.6) is 0 Å². The number of rotatable bonds is 1. The van der Waals surface area contributed by atoms with Crippen LogP contribution in [0.4, 0.5) is 14.6 Å². The highest BCUT2D eigenvalue weighted by molar-refractivity contribution is 6.29. The minimum absolute atomic E-state index is 0.480. The molecule has 0 unspecified atom stereocenters. The minimum atomic E-state index is -1.07. The van der Waals surface area contributed by atoms with E-state index in [2.05, 4.69) is 9.97 Å². The number of hydrogen-bond donors (Lipinski definition) is 2. The van der Waals surface area contributed by atoms with E-state index < -0.39 is 22.9 Å². The lowest BCUT2D eigenvalue weighted by atomic mass is 10.6. The fourth-order valence-electron chi connectivity index (χ4n) is 0.468. The molecule has 0 amide bonds. The van der Waals surface area contributed by atoms with Gasteiger partial charge in [0.2, 0.25) is 0 Å². The maximum Gasteiger partial charge on any atom is 0.258 e. The number of nitrogens with one attached hydrogen (secondary N) is 1. The lowest BCUT2D eigenvalue weighted by Gasteiger charge is -1.99. The summed E-state index contributed by atoms with van der Waals surface area (Å²) in [4.78, 5) is 5.98. The van der Waals surface area contributed by atoms with Gasteiger partial charge in [-0.1, -0.05) is 11.6 Å². The van der Waals surface area contributed by atoms with Crippen molar-refractivity contribution in [2.75, 3.05) is 5.43 Å². The van der Waals surface area contributed by atoms with Gasteiger partial charge in [0.25, 0.3) is 11.9 Å². The smallest absolute Gasteiger partial charge is 0.258 e. The van der Waals surface area contributed by atoms with E-state index in [4.69, 9.17) is 17.4 Å². The fourth-order valence-corrected chi connectivity index (χ4v) is 0.584. The summed E-state index contributed by atoms with van der Waals surface area (Å²) in [5.74, 6) is 2.18. The van der Waals surface area contributed by atoms with E-state index in [1.165, 1.54) is 0 Å². The Morgan fingerprint density at radius 1 is 1.27 bits per heavy atom. The molecule has 0 bridgehead atoms. The van der Waals surface area contributed by atoms with Crippen molar-refractivity contribution >= 4 is 17.4 Å². The third-order valence-corrected chi connectivity index (χ3v) is 1.15. The molecule has 1 aromatic rings. The number of halogens is 3. The van der Waals surface area contributed by atoms with Crippen LogP contribution >= 0.6 is 11.6 Å². The fraction of sp³-hybridized carbons (Fsp3) is 0. The number of nitrogen functional groups attached to an aromatic ring is 1. The van der Waals surface area contributed by atoms with Crippen molar-refractivity contribution in [1.82, 2.24) is 9.97 Å². The van der Waals surface area contributed by atoms with Gasteiger partial charge >= 0.3 is 0 Å². The number of hydrogen-bond acceptors (Lipinski definition) is 4. The maximum absolute atomic E-state index is 12.5. The second-order valence-electron chi connectivity index (χ2n) is 1.59. The van der Waals surface area contributed by atoms with Crippen molar-refractivity contribution in [2.24, 2.45) is 5.84 Å². The Kier molecular flexibility index (Phi) is 2.16. The largest absolute Gasteiger partial charge is 0.305 e.